The molecule has 0 amide bonds. The van der Waals surface area contributed by atoms with E-state index in [1.165, 1.54) is 19.1 Å². The molecule has 0 aliphatic rings. The number of carbonyl (C=O) groups excluding carboxylic acids is 1. The van der Waals surface area contributed by atoms with Gasteiger partial charge in [-0.1, -0.05) is 35.9 Å². The minimum Gasteiger partial charge on any atom is -0.441 e. The van der Waals surface area contributed by atoms with Crippen LogP contribution in [0.4, 0.5) is 11.4 Å². The Morgan fingerprint density at radius 2 is 1.72 bits per heavy atom. The molecule has 1 atom stereocenters. The van der Waals surface area contributed by atoms with Crippen LogP contribution in [0.5, 0.6) is 0 Å². The second-order valence-corrected chi connectivity index (χ2v) is 8.98. The molecule has 9 heteroatoms. The van der Waals surface area contributed by atoms with Gasteiger partial charge in [0.25, 0.3) is 0 Å². The fraction of sp³-hybridized carbons (Fsp3) is 0.130. The van der Waals surface area contributed by atoms with Crippen LogP contribution in [0.2, 0.25) is 0 Å². The number of fused-ring (bicyclic) bond motifs is 1. The molecule has 164 valence electrons. The number of anilines is 2. The van der Waals surface area contributed by atoms with Crippen LogP contribution in [0, 0.1) is 6.92 Å². The van der Waals surface area contributed by atoms with Crippen LogP contribution >= 0.6 is 0 Å². The van der Waals surface area contributed by atoms with Crippen molar-refractivity contribution in [3.05, 3.63) is 84.3 Å². The quantitative estimate of drug-likeness (QED) is 0.289. The number of nitrogens with one attached hydrogen (secondary N) is 3. The maximum atomic E-state index is 13.0. The van der Waals surface area contributed by atoms with Crippen LogP contribution in [0.15, 0.2) is 78.0 Å². The molecule has 2 aromatic heterocycles. The Hall–Kier alpha value is -3.69. The van der Waals surface area contributed by atoms with E-state index in [4.69, 9.17) is 4.74 Å². The molecule has 4 rings (SSSR count). The van der Waals surface area contributed by atoms with Gasteiger partial charge in [-0.25, -0.2) is 13.2 Å². The number of benzene rings is 2. The summed E-state index contributed by atoms with van der Waals surface area (Å²) in [6.07, 6.45) is 2.18. The molecule has 1 unspecified atom stereocenters. The summed E-state index contributed by atoms with van der Waals surface area (Å²) in [5, 5.41) is 4.01. The van der Waals surface area contributed by atoms with Crippen LogP contribution in [0.1, 0.15) is 23.0 Å². The third-order valence-electron chi connectivity index (χ3n) is 4.80. The highest BCUT2D eigenvalue weighted by atomic mass is 32.2. The first-order valence-corrected chi connectivity index (χ1v) is 11.4. The van der Waals surface area contributed by atoms with Gasteiger partial charge in [0.15, 0.2) is 6.23 Å². The van der Waals surface area contributed by atoms with E-state index in [0.29, 0.717) is 5.69 Å². The maximum absolute atomic E-state index is 13.0. The summed E-state index contributed by atoms with van der Waals surface area (Å²) in [4.78, 5) is 20.1. The Balaban J connectivity index is 1.57. The van der Waals surface area contributed by atoms with Gasteiger partial charge in [0.1, 0.15) is 5.69 Å². The third-order valence-corrected chi connectivity index (χ3v) is 6.33. The van der Waals surface area contributed by atoms with Crippen LogP contribution < -0.4 is 10.0 Å². The Morgan fingerprint density at radius 1 is 1.03 bits per heavy atom. The molecule has 0 fully saturated rings. The number of aryl methyl sites for hydroxylation is 1. The van der Waals surface area contributed by atoms with Gasteiger partial charge in [-0.15, -0.1) is 0 Å². The lowest BCUT2D eigenvalue weighted by Crippen LogP contribution is -2.36. The van der Waals surface area contributed by atoms with E-state index in [9.17, 15) is 13.2 Å². The number of pyridine rings is 1. The van der Waals surface area contributed by atoms with Crippen LogP contribution in [-0.4, -0.2) is 30.6 Å². The Kier molecular flexibility index (Phi) is 5.93. The first kappa shape index (κ1) is 21.5. The van der Waals surface area contributed by atoms with Crippen molar-refractivity contribution in [2.45, 2.75) is 25.0 Å². The van der Waals surface area contributed by atoms with Crippen molar-refractivity contribution in [1.82, 2.24) is 14.7 Å². The summed E-state index contributed by atoms with van der Waals surface area (Å²) in [5.41, 5.74) is 3.14. The second kappa shape index (κ2) is 8.81. The van der Waals surface area contributed by atoms with Gasteiger partial charge in [0.05, 0.1) is 10.6 Å². The van der Waals surface area contributed by atoms with E-state index in [0.717, 1.165) is 22.2 Å². The zero-order chi connectivity index (χ0) is 22.7. The average Bonchev–Trinajstić information content (AvgIpc) is 3.13. The minimum absolute atomic E-state index is 0.0941. The molecule has 0 bridgehead atoms. The number of sulfonamides is 1. The SMILES string of the molecule is Cc1ccc(S(=O)(=O)NC(C)OC(=O)c2[nH]c3ccccc3c2Nc2ccncc2)cc1. The molecular weight excluding hydrogens is 428 g/mol. The molecule has 0 aliphatic heterocycles. The fourth-order valence-corrected chi connectivity index (χ4v) is 4.37. The molecule has 32 heavy (non-hydrogen) atoms. The number of aromatic nitrogens is 2. The molecule has 4 aromatic rings. The monoisotopic (exact) mass is 450 g/mol. The van der Waals surface area contributed by atoms with Crippen molar-refractivity contribution < 1.29 is 17.9 Å². The number of esters is 1. The molecule has 0 spiro atoms. The molecule has 0 aliphatic carbocycles. The lowest BCUT2D eigenvalue weighted by Gasteiger charge is -2.16. The summed E-state index contributed by atoms with van der Waals surface area (Å²) >= 11 is 0. The zero-order valence-corrected chi connectivity index (χ0v) is 18.3. The van der Waals surface area contributed by atoms with Crippen LogP contribution in [0.3, 0.4) is 0 Å². The number of hydrogen-bond donors (Lipinski definition) is 3. The standard InChI is InChI=1S/C23H22N4O4S/c1-15-7-9-18(10-8-15)32(29,30)27-16(2)31-23(28)22-21(25-17-11-13-24-14-12-17)19-5-3-4-6-20(19)26-22/h3-14,16,26-27H,1-2H3,(H,24,25). The molecule has 8 nitrogen and oxygen atoms in total. The first-order valence-electron chi connectivity index (χ1n) is 9.91. The highest BCUT2D eigenvalue weighted by Crippen LogP contribution is 2.31. The van der Waals surface area contributed by atoms with Gasteiger partial charge in [-0.05, 0) is 44.2 Å². The maximum Gasteiger partial charge on any atom is 0.358 e. The topological polar surface area (TPSA) is 113 Å². The first-order chi connectivity index (χ1) is 15.3. The lowest BCUT2D eigenvalue weighted by atomic mass is 10.2. The number of nitrogens with zero attached hydrogens (tertiary/aromatic N) is 1. The molecule has 2 heterocycles. The number of ether oxygens (including phenoxy) is 1. The highest BCUT2D eigenvalue weighted by Gasteiger charge is 2.24. The van der Waals surface area contributed by atoms with E-state index < -0.39 is 22.2 Å². The molecule has 3 N–H and O–H groups in total. The smallest absolute Gasteiger partial charge is 0.358 e. The number of H-pyrrole nitrogens is 1. The zero-order valence-electron chi connectivity index (χ0n) is 17.5. The third kappa shape index (κ3) is 4.63. The summed E-state index contributed by atoms with van der Waals surface area (Å²) in [6, 6.07) is 17.4. The number of aromatic amines is 1. The van der Waals surface area contributed by atoms with Gasteiger partial charge in [0.2, 0.25) is 10.0 Å². The summed E-state index contributed by atoms with van der Waals surface area (Å²) in [6.45, 7) is 3.33. The Morgan fingerprint density at radius 3 is 2.44 bits per heavy atom. The summed E-state index contributed by atoms with van der Waals surface area (Å²) < 4.78 is 33.0. The fourth-order valence-electron chi connectivity index (χ4n) is 3.25. The number of para-hydroxylation sites is 1. The minimum atomic E-state index is -3.85. The van der Waals surface area contributed by atoms with Gasteiger partial charge in [0, 0.05) is 29.0 Å². The van der Waals surface area contributed by atoms with Gasteiger partial charge in [-0.3, -0.25) is 4.98 Å². The predicted octanol–water partition coefficient (Wildman–Crippen LogP) is 4.10. The number of hydrogen-bond acceptors (Lipinski definition) is 6. The van der Waals surface area contributed by atoms with Crippen molar-refractivity contribution in [3.8, 4) is 0 Å². The summed E-state index contributed by atoms with van der Waals surface area (Å²) in [5.74, 6) is -0.697. The van der Waals surface area contributed by atoms with E-state index in [1.807, 2.05) is 31.2 Å². The lowest BCUT2D eigenvalue weighted by molar-refractivity contribution is 0.0316. The van der Waals surface area contributed by atoms with Crippen LogP contribution in [-0.2, 0) is 14.8 Å². The Labute approximate surface area is 185 Å². The van der Waals surface area contributed by atoms with Crippen molar-refractivity contribution >= 4 is 38.3 Å². The van der Waals surface area contributed by atoms with Gasteiger partial charge >= 0.3 is 5.97 Å². The second-order valence-electron chi connectivity index (χ2n) is 7.26. The van der Waals surface area contributed by atoms with Crippen molar-refractivity contribution in [2.75, 3.05) is 5.32 Å². The molecule has 0 radical (unpaired) electrons. The normalized spacial score (nSPS) is 12.4. The van der Waals surface area contributed by atoms with Gasteiger partial charge in [-0.2, -0.15) is 4.72 Å². The van der Waals surface area contributed by atoms with Gasteiger partial charge < -0.3 is 15.0 Å². The van der Waals surface area contributed by atoms with Crippen molar-refractivity contribution in [2.24, 2.45) is 0 Å². The number of carbonyl (C=O) groups is 1. The number of rotatable bonds is 7. The van der Waals surface area contributed by atoms with Crippen molar-refractivity contribution in [3.63, 3.8) is 0 Å². The van der Waals surface area contributed by atoms with E-state index in [1.54, 1.807) is 36.7 Å². The highest BCUT2D eigenvalue weighted by molar-refractivity contribution is 7.89. The molecule has 0 saturated heterocycles. The van der Waals surface area contributed by atoms with E-state index in [-0.39, 0.29) is 10.6 Å². The molecule has 2 aromatic carbocycles. The average molecular weight is 451 g/mol. The Bertz CT molecular complexity index is 1350. The molecule has 0 saturated carbocycles. The largest absolute Gasteiger partial charge is 0.441 e. The molecular formula is C23H22N4O4S. The van der Waals surface area contributed by atoms with Crippen LogP contribution in [0.25, 0.3) is 10.9 Å². The predicted molar refractivity (Wildman–Crippen MR) is 122 cm³/mol. The van der Waals surface area contributed by atoms with E-state index >= 15 is 0 Å². The van der Waals surface area contributed by atoms with Crippen molar-refractivity contribution in [1.29, 1.82) is 0 Å². The van der Waals surface area contributed by atoms with E-state index in [2.05, 4.69) is 20.0 Å². The summed E-state index contributed by atoms with van der Waals surface area (Å²) in [7, 11) is -3.85.